The van der Waals surface area contributed by atoms with E-state index in [0.717, 1.165) is 15.7 Å². The average molecular weight is 363 g/mol. The molecule has 3 rings (SSSR count). The normalized spacial score (nSPS) is 12.1. The summed E-state index contributed by atoms with van der Waals surface area (Å²) in [5, 5.41) is 5.91. The highest BCUT2D eigenvalue weighted by atomic mass is 79.9. The van der Waals surface area contributed by atoms with Gasteiger partial charge < -0.3 is 20.1 Å². The van der Waals surface area contributed by atoms with E-state index in [1.165, 1.54) is 0 Å². The first-order valence-electron chi connectivity index (χ1n) is 6.81. The summed E-state index contributed by atoms with van der Waals surface area (Å²) < 4.78 is 11.5. The Hall–Kier alpha value is -2.21. The second-order valence-corrected chi connectivity index (χ2v) is 5.79. The van der Waals surface area contributed by atoms with Gasteiger partial charge in [0.2, 0.25) is 12.7 Å². The standard InChI is InChI=1S/C16H15BrN2O3/c1-10-2-3-11(6-13(10)17)18-8-16(20)19-12-4-5-14-15(7-12)22-9-21-14/h2-7,18H,8-9H2,1H3,(H,19,20). The van der Waals surface area contributed by atoms with Crippen LogP contribution in [-0.4, -0.2) is 19.2 Å². The molecule has 22 heavy (non-hydrogen) atoms. The quantitative estimate of drug-likeness (QED) is 0.873. The maximum atomic E-state index is 12.0. The maximum absolute atomic E-state index is 12.0. The molecule has 0 fully saturated rings. The van der Waals surface area contributed by atoms with Crippen molar-refractivity contribution in [2.75, 3.05) is 24.0 Å². The molecule has 0 aromatic heterocycles. The van der Waals surface area contributed by atoms with Crippen LogP contribution >= 0.6 is 15.9 Å². The Bertz CT molecular complexity index is 719. The minimum absolute atomic E-state index is 0.129. The number of carbonyl (C=O) groups is 1. The minimum Gasteiger partial charge on any atom is -0.454 e. The number of fused-ring (bicyclic) bond motifs is 1. The number of ether oxygens (including phenoxy) is 2. The number of hydrogen-bond donors (Lipinski definition) is 2. The molecule has 0 aliphatic carbocycles. The van der Waals surface area contributed by atoms with Gasteiger partial charge in [0, 0.05) is 21.9 Å². The topological polar surface area (TPSA) is 59.6 Å². The average Bonchev–Trinajstić information content (AvgIpc) is 2.96. The Kier molecular flexibility index (Phi) is 4.20. The number of carbonyl (C=O) groups excluding carboxylic acids is 1. The van der Waals surface area contributed by atoms with E-state index in [1.807, 2.05) is 25.1 Å². The molecule has 2 aromatic rings. The number of rotatable bonds is 4. The number of halogens is 1. The van der Waals surface area contributed by atoms with Crippen LogP contribution in [0.4, 0.5) is 11.4 Å². The summed E-state index contributed by atoms with van der Waals surface area (Å²) in [5.41, 5.74) is 2.72. The molecule has 2 aromatic carbocycles. The third-order valence-corrected chi connectivity index (χ3v) is 4.14. The summed E-state index contributed by atoms with van der Waals surface area (Å²) in [4.78, 5) is 12.0. The van der Waals surface area contributed by atoms with Crippen molar-refractivity contribution in [1.82, 2.24) is 0 Å². The molecule has 0 saturated carbocycles. The monoisotopic (exact) mass is 362 g/mol. The Morgan fingerprint density at radius 1 is 1.14 bits per heavy atom. The SMILES string of the molecule is Cc1ccc(NCC(=O)Nc2ccc3c(c2)OCO3)cc1Br. The van der Waals surface area contributed by atoms with E-state index in [2.05, 4.69) is 26.6 Å². The van der Waals surface area contributed by atoms with Crippen molar-refractivity contribution < 1.29 is 14.3 Å². The highest BCUT2D eigenvalue weighted by Gasteiger charge is 2.14. The highest BCUT2D eigenvalue weighted by Crippen LogP contribution is 2.34. The van der Waals surface area contributed by atoms with E-state index < -0.39 is 0 Å². The summed E-state index contributed by atoms with van der Waals surface area (Å²) in [6.07, 6.45) is 0. The smallest absolute Gasteiger partial charge is 0.243 e. The zero-order valence-electron chi connectivity index (χ0n) is 12.0. The van der Waals surface area contributed by atoms with Crippen molar-refractivity contribution in [3.05, 3.63) is 46.4 Å². The van der Waals surface area contributed by atoms with Gasteiger partial charge in [-0.05, 0) is 36.8 Å². The molecule has 0 radical (unpaired) electrons. The van der Waals surface area contributed by atoms with Crippen LogP contribution in [-0.2, 0) is 4.79 Å². The second-order valence-electron chi connectivity index (χ2n) is 4.93. The zero-order valence-corrected chi connectivity index (χ0v) is 13.6. The highest BCUT2D eigenvalue weighted by molar-refractivity contribution is 9.10. The predicted octanol–water partition coefficient (Wildman–Crippen LogP) is 3.54. The lowest BCUT2D eigenvalue weighted by molar-refractivity contribution is -0.114. The van der Waals surface area contributed by atoms with Gasteiger partial charge in [0.15, 0.2) is 11.5 Å². The van der Waals surface area contributed by atoms with Gasteiger partial charge in [-0.3, -0.25) is 4.79 Å². The van der Waals surface area contributed by atoms with Gasteiger partial charge in [-0.25, -0.2) is 0 Å². The molecule has 6 heteroatoms. The van der Waals surface area contributed by atoms with Crippen molar-refractivity contribution >= 4 is 33.2 Å². The molecule has 0 atom stereocenters. The predicted molar refractivity (Wildman–Crippen MR) is 88.6 cm³/mol. The largest absolute Gasteiger partial charge is 0.454 e. The lowest BCUT2D eigenvalue weighted by Crippen LogP contribution is -2.21. The van der Waals surface area contributed by atoms with E-state index in [1.54, 1.807) is 18.2 Å². The molecular formula is C16H15BrN2O3. The number of hydrogen-bond acceptors (Lipinski definition) is 4. The van der Waals surface area contributed by atoms with Gasteiger partial charge in [-0.1, -0.05) is 22.0 Å². The summed E-state index contributed by atoms with van der Waals surface area (Å²) in [6, 6.07) is 11.2. The first-order valence-corrected chi connectivity index (χ1v) is 7.60. The Labute approximate surface area is 136 Å². The van der Waals surface area contributed by atoms with E-state index in [-0.39, 0.29) is 19.2 Å². The number of amides is 1. The van der Waals surface area contributed by atoms with Crippen LogP contribution in [0.5, 0.6) is 11.5 Å². The van der Waals surface area contributed by atoms with Gasteiger partial charge in [0.1, 0.15) is 0 Å². The fourth-order valence-corrected chi connectivity index (χ4v) is 2.44. The third kappa shape index (κ3) is 3.33. The molecule has 2 N–H and O–H groups in total. The number of aryl methyl sites for hydroxylation is 1. The zero-order chi connectivity index (χ0) is 15.5. The fourth-order valence-electron chi connectivity index (χ4n) is 2.06. The molecule has 1 aliphatic rings. The van der Waals surface area contributed by atoms with Gasteiger partial charge in [0.25, 0.3) is 0 Å². The Balaban J connectivity index is 1.57. The van der Waals surface area contributed by atoms with Crippen molar-refractivity contribution in [1.29, 1.82) is 0 Å². The number of anilines is 2. The molecule has 0 bridgehead atoms. The first-order chi connectivity index (χ1) is 10.6. The van der Waals surface area contributed by atoms with Crippen molar-refractivity contribution in [3.8, 4) is 11.5 Å². The summed E-state index contributed by atoms with van der Waals surface area (Å²) in [5.74, 6) is 1.21. The Morgan fingerprint density at radius 3 is 2.73 bits per heavy atom. The van der Waals surface area contributed by atoms with Crippen LogP contribution in [0.25, 0.3) is 0 Å². The van der Waals surface area contributed by atoms with E-state index in [4.69, 9.17) is 9.47 Å². The number of nitrogens with one attached hydrogen (secondary N) is 2. The van der Waals surface area contributed by atoms with Crippen LogP contribution in [0.3, 0.4) is 0 Å². The summed E-state index contributed by atoms with van der Waals surface area (Å²) >= 11 is 3.47. The molecule has 5 nitrogen and oxygen atoms in total. The molecular weight excluding hydrogens is 348 g/mol. The molecule has 1 amide bonds. The summed E-state index contributed by atoms with van der Waals surface area (Å²) in [6.45, 7) is 2.42. The summed E-state index contributed by atoms with van der Waals surface area (Å²) in [7, 11) is 0. The fraction of sp³-hybridized carbons (Fsp3) is 0.188. The molecule has 0 saturated heterocycles. The third-order valence-electron chi connectivity index (χ3n) is 3.28. The first kappa shape index (κ1) is 14.7. The lowest BCUT2D eigenvalue weighted by Gasteiger charge is -2.09. The molecule has 1 aliphatic heterocycles. The van der Waals surface area contributed by atoms with Gasteiger partial charge in [-0.15, -0.1) is 0 Å². The Morgan fingerprint density at radius 2 is 1.91 bits per heavy atom. The van der Waals surface area contributed by atoms with Crippen molar-refractivity contribution in [2.45, 2.75) is 6.92 Å². The van der Waals surface area contributed by atoms with Crippen LogP contribution in [0.15, 0.2) is 40.9 Å². The van der Waals surface area contributed by atoms with E-state index in [9.17, 15) is 4.79 Å². The van der Waals surface area contributed by atoms with Crippen LogP contribution in [0.1, 0.15) is 5.56 Å². The van der Waals surface area contributed by atoms with Crippen LogP contribution in [0.2, 0.25) is 0 Å². The molecule has 0 unspecified atom stereocenters. The van der Waals surface area contributed by atoms with Crippen LogP contribution in [0, 0.1) is 6.92 Å². The van der Waals surface area contributed by atoms with Gasteiger partial charge >= 0.3 is 0 Å². The van der Waals surface area contributed by atoms with Gasteiger partial charge in [0.05, 0.1) is 6.54 Å². The van der Waals surface area contributed by atoms with Gasteiger partial charge in [-0.2, -0.15) is 0 Å². The van der Waals surface area contributed by atoms with Crippen molar-refractivity contribution in [3.63, 3.8) is 0 Å². The number of benzene rings is 2. The molecule has 114 valence electrons. The minimum atomic E-state index is -0.129. The van der Waals surface area contributed by atoms with E-state index >= 15 is 0 Å². The van der Waals surface area contributed by atoms with E-state index in [0.29, 0.717) is 17.2 Å². The van der Waals surface area contributed by atoms with Crippen LogP contribution < -0.4 is 20.1 Å². The molecule has 0 spiro atoms. The second kappa shape index (κ2) is 6.27. The lowest BCUT2D eigenvalue weighted by atomic mass is 10.2. The van der Waals surface area contributed by atoms with Crippen molar-refractivity contribution in [2.24, 2.45) is 0 Å². The molecule has 1 heterocycles. The maximum Gasteiger partial charge on any atom is 0.243 e.